The van der Waals surface area contributed by atoms with Crippen molar-refractivity contribution in [3.8, 4) is 5.75 Å². The Kier molecular flexibility index (Phi) is 6.68. The van der Waals surface area contributed by atoms with Gasteiger partial charge in [0, 0.05) is 13.1 Å². The Bertz CT molecular complexity index is 489. The zero-order valence-corrected chi connectivity index (χ0v) is 12.5. The maximum atomic E-state index is 11.9. The summed E-state index contributed by atoms with van der Waals surface area (Å²) in [5, 5.41) is 8.46. The monoisotopic (exact) mass is 295 g/mol. The Balaban J connectivity index is 2.55. The largest absolute Gasteiger partial charge is 0.496 e. The molecule has 0 bridgehead atoms. The molecule has 1 rings (SSSR count). The molecule has 0 aliphatic rings. The van der Waals surface area contributed by atoms with E-state index in [1.54, 1.807) is 19.1 Å². The van der Waals surface area contributed by atoms with E-state index in [1.807, 2.05) is 31.2 Å². The number of rotatable bonds is 8. The average molecular weight is 295 g/mol. The standard InChI is InChI=1S/C15H21NO5/c1-11(8-12-6-4-5-7-13(12)20-3)16(2)14(17)9-21-10-15(18)19/h4-7,11H,8-10H2,1-3H3,(H,18,19). The van der Waals surface area contributed by atoms with Gasteiger partial charge < -0.3 is 19.5 Å². The van der Waals surface area contributed by atoms with Crippen LogP contribution in [-0.4, -0.2) is 55.3 Å². The number of benzene rings is 1. The quantitative estimate of drug-likeness (QED) is 0.779. The van der Waals surface area contributed by atoms with Gasteiger partial charge in [-0.3, -0.25) is 4.79 Å². The third-order valence-corrected chi connectivity index (χ3v) is 3.21. The molecule has 1 aromatic carbocycles. The number of nitrogens with zero attached hydrogens (tertiary/aromatic N) is 1. The molecule has 0 fully saturated rings. The summed E-state index contributed by atoms with van der Waals surface area (Å²) in [7, 11) is 3.28. The first-order valence-electron chi connectivity index (χ1n) is 6.62. The molecule has 1 N–H and O–H groups in total. The number of likely N-dealkylation sites (N-methyl/N-ethyl adjacent to an activating group) is 1. The first kappa shape index (κ1) is 17.0. The highest BCUT2D eigenvalue weighted by Crippen LogP contribution is 2.20. The topological polar surface area (TPSA) is 76.1 Å². The van der Waals surface area contributed by atoms with E-state index in [1.165, 1.54) is 0 Å². The Labute approximate surface area is 124 Å². The summed E-state index contributed by atoms with van der Waals surface area (Å²) < 4.78 is 10.1. The van der Waals surface area contributed by atoms with Gasteiger partial charge in [0.2, 0.25) is 5.91 Å². The van der Waals surface area contributed by atoms with E-state index < -0.39 is 12.6 Å². The molecular formula is C15H21NO5. The van der Waals surface area contributed by atoms with Gasteiger partial charge in [-0.2, -0.15) is 0 Å². The zero-order chi connectivity index (χ0) is 15.8. The van der Waals surface area contributed by atoms with Gasteiger partial charge in [0.25, 0.3) is 0 Å². The molecule has 1 unspecified atom stereocenters. The normalized spacial score (nSPS) is 11.8. The van der Waals surface area contributed by atoms with Crippen molar-refractivity contribution < 1.29 is 24.2 Å². The lowest BCUT2D eigenvalue weighted by Gasteiger charge is -2.25. The molecule has 0 saturated carbocycles. The fourth-order valence-corrected chi connectivity index (χ4v) is 1.90. The van der Waals surface area contributed by atoms with E-state index in [2.05, 4.69) is 0 Å². The highest BCUT2D eigenvalue weighted by molar-refractivity contribution is 5.78. The van der Waals surface area contributed by atoms with Crippen molar-refractivity contribution in [2.45, 2.75) is 19.4 Å². The maximum absolute atomic E-state index is 11.9. The van der Waals surface area contributed by atoms with Crippen molar-refractivity contribution in [1.29, 1.82) is 0 Å². The van der Waals surface area contributed by atoms with E-state index in [-0.39, 0.29) is 18.6 Å². The Morgan fingerprint density at radius 2 is 1.95 bits per heavy atom. The van der Waals surface area contributed by atoms with Crippen molar-refractivity contribution in [1.82, 2.24) is 4.90 Å². The van der Waals surface area contributed by atoms with Crippen LogP contribution in [0.15, 0.2) is 24.3 Å². The summed E-state index contributed by atoms with van der Waals surface area (Å²) in [5.74, 6) is -0.557. The third-order valence-electron chi connectivity index (χ3n) is 3.21. The van der Waals surface area contributed by atoms with Crippen LogP contribution in [0.4, 0.5) is 0 Å². The molecule has 0 aliphatic heterocycles. The molecule has 6 heteroatoms. The Hall–Kier alpha value is -2.08. The van der Waals surface area contributed by atoms with Crippen molar-refractivity contribution >= 4 is 11.9 Å². The van der Waals surface area contributed by atoms with Crippen LogP contribution < -0.4 is 4.74 Å². The van der Waals surface area contributed by atoms with Crippen LogP contribution in [0, 0.1) is 0 Å². The SMILES string of the molecule is COc1ccccc1CC(C)N(C)C(=O)COCC(=O)O. The van der Waals surface area contributed by atoms with E-state index in [4.69, 9.17) is 14.6 Å². The lowest BCUT2D eigenvalue weighted by atomic mass is 10.1. The van der Waals surface area contributed by atoms with Gasteiger partial charge in [0.15, 0.2) is 0 Å². The van der Waals surface area contributed by atoms with E-state index in [9.17, 15) is 9.59 Å². The molecule has 1 amide bonds. The molecule has 1 atom stereocenters. The minimum Gasteiger partial charge on any atom is -0.496 e. The molecule has 1 aromatic rings. The second-order valence-electron chi connectivity index (χ2n) is 4.76. The van der Waals surface area contributed by atoms with Crippen LogP contribution in [-0.2, 0) is 20.7 Å². The van der Waals surface area contributed by atoms with E-state index in [0.29, 0.717) is 6.42 Å². The zero-order valence-electron chi connectivity index (χ0n) is 12.5. The molecule has 116 valence electrons. The first-order chi connectivity index (χ1) is 9.95. The first-order valence-corrected chi connectivity index (χ1v) is 6.62. The summed E-state index contributed by atoms with van der Waals surface area (Å²) >= 11 is 0. The molecular weight excluding hydrogens is 274 g/mol. The molecule has 0 aliphatic carbocycles. The molecule has 0 radical (unpaired) electrons. The maximum Gasteiger partial charge on any atom is 0.329 e. The van der Waals surface area contributed by atoms with Crippen LogP contribution in [0.2, 0.25) is 0 Å². The minimum absolute atomic E-state index is 0.0535. The van der Waals surface area contributed by atoms with Gasteiger partial charge in [-0.15, -0.1) is 0 Å². The number of carbonyl (C=O) groups excluding carboxylic acids is 1. The van der Waals surface area contributed by atoms with Gasteiger partial charge in [-0.1, -0.05) is 18.2 Å². The summed E-state index contributed by atoms with van der Waals surface area (Å²) in [4.78, 5) is 23.8. The average Bonchev–Trinajstić information content (AvgIpc) is 2.46. The van der Waals surface area contributed by atoms with E-state index >= 15 is 0 Å². The lowest BCUT2D eigenvalue weighted by Crippen LogP contribution is -2.39. The number of aliphatic carboxylic acids is 1. The summed E-state index contributed by atoms with van der Waals surface area (Å²) in [5.41, 5.74) is 1.01. The van der Waals surface area contributed by atoms with Crippen molar-refractivity contribution in [2.75, 3.05) is 27.4 Å². The van der Waals surface area contributed by atoms with Crippen LogP contribution >= 0.6 is 0 Å². The molecule has 21 heavy (non-hydrogen) atoms. The summed E-state index contributed by atoms with van der Waals surface area (Å²) in [6, 6.07) is 7.58. The third kappa shape index (κ3) is 5.43. The van der Waals surface area contributed by atoms with E-state index in [0.717, 1.165) is 11.3 Å². The predicted molar refractivity (Wildman–Crippen MR) is 77.4 cm³/mol. The molecule has 0 spiro atoms. The number of hydrogen-bond acceptors (Lipinski definition) is 4. The Morgan fingerprint density at radius 3 is 2.57 bits per heavy atom. The van der Waals surface area contributed by atoms with Crippen LogP contribution in [0.5, 0.6) is 5.75 Å². The van der Waals surface area contributed by atoms with Gasteiger partial charge in [-0.05, 0) is 25.0 Å². The highest BCUT2D eigenvalue weighted by Gasteiger charge is 2.18. The number of carboxylic acid groups (broad SMARTS) is 1. The number of carbonyl (C=O) groups is 2. The number of amides is 1. The second kappa shape index (κ2) is 8.26. The fraction of sp³-hybridized carbons (Fsp3) is 0.467. The number of methoxy groups -OCH3 is 1. The van der Waals surface area contributed by atoms with Gasteiger partial charge >= 0.3 is 5.97 Å². The highest BCUT2D eigenvalue weighted by atomic mass is 16.5. The smallest absolute Gasteiger partial charge is 0.329 e. The number of carboxylic acids is 1. The molecule has 0 heterocycles. The summed E-state index contributed by atoms with van der Waals surface area (Å²) in [6.07, 6.45) is 0.644. The van der Waals surface area contributed by atoms with Crippen LogP contribution in [0.3, 0.4) is 0 Å². The van der Waals surface area contributed by atoms with Gasteiger partial charge in [0.05, 0.1) is 7.11 Å². The van der Waals surface area contributed by atoms with Crippen LogP contribution in [0.1, 0.15) is 12.5 Å². The van der Waals surface area contributed by atoms with Gasteiger partial charge in [0.1, 0.15) is 19.0 Å². The Morgan fingerprint density at radius 1 is 1.29 bits per heavy atom. The van der Waals surface area contributed by atoms with Crippen LogP contribution in [0.25, 0.3) is 0 Å². The van der Waals surface area contributed by atoms with Gasteiger partial charge in [-0.25, -0.2) is 4.79 Å². The predicted octanol–water partition coefficient (Wildman–Crippen LogP) is 1.19. The number of ether oxygens (including phenoxy) is 2. The number of para-hydroxylation sites is 1. The molecule has 0 aromatic heterocycles. The van der Waals surface area contributed by atoms with Crippen molar-refractivity contribution in [3.63, 3.8) is 0 Å². The molecule has 0 saturated heterocycles. The van der Waals surface area contributed by atoms with Crippen molar-refractivity contribution in [3.05, 3.63) is 29.8 Å². The summed E-state index contributed by atoms with van der Waals surface area (Å²) in [6.45, 7) is 1.21. The molecule has 6 nitrogen and oxygen atoms in total. The second-order valence-corrected chi connectivity index (χ2v) is 4.76. The number of hydrogen-bond donors (Lipinski definition) is 1. The van der Waals surface area contributed by atoms with Crippen molar-refractivity contribution in [2.24, 2.45) is 0 Å². The minimum atomic E-state index is -1.09. The lowest BCUT2D eigenvalue weighted by molar-refractivity contribution is -0.146. The fourth-order valence-electron chi connectivity index (χ4n) is 1.90.